The maximum atomic E-state index is 12.4. The van der Waals surface area contributed by atoms with E-state index in [9.17, 15) is 4.79 Å². The van der Waals surface area contributed by atoms with Gasteiger partial charge in [0.1, 0.15) is 0 Å². The molecule has 0 saturated carbocycles. The largest absolute Gasteiger partial charge is 0.416 e. The zero-order valence-electron chi connectivity index (χ0n) is 28.5. The van der Waals surface area contributed by atoms with Gasteiger partial charge >= 0.3 is 0 Å². The normalized spacial score (nSPS) is 18.3. The van der Waals surface area contributed by atoms with Crippen LogP contribution in [-0.2, 0) is 18.1 Å². The molecule has 0 aromatic carbocycles. The first-order valence-electron chi connectivity index (χ1n) is 14.6. The van der Waals surface area contributed by atoms with Crippen molar-refractivity contribution in [3.63, 3.8) is 0 Å². The lowest BCUT2D eigenvalue weighted by atomic mass is 9.83. The fraction of sp³-hybridized carbons (Fsp3) is 0.903. The average molecular weight is 585 g/mol. The molecule has 7 heteroatoms. The van der Waals surface area contributed by atoms with Gasteiger partial charge in [-0.25, -0.2) is 0 Å². The highest BCUT2D eigenvalue weighted by Crippen LogP contribution is 2.44. The van der Waals surface area contributed by atoms with Gasteiger partial charge in [-0.2, -0.15) is 0 Å². The van der Waals surface area contributed by atoms with Crippen LogP contribution in [0.4, 0.5) is 0 Å². The van der Waals surface area contributed by atoms with Crippen LogP contribution in [0.25, 0.3) is 0 Å². The Bertz CT molecular complexity index is 807. The molecule has 0 amide bonds. The highest BCUT2D eigenvalue weighted by atomic mass is 28.4. The molecule has 0 saturated heterocycles. The smallest absolute Gasteiger partial charge is 0.205 e. The summed E-state index contributed by atoms with van der Waals surface area (Å²) in [6.45, 7) is 41.6. The van der Waals surface area contributed by atoms with Crippen molar-refractivity contribution < 1.29 is 18.1 Å². The summed E-state index contributed by atoms with van der Waals surface area (Å²) in [4.78, 5) is 12.4. The van der Waals surface area contributed by atoms with Gasteiger partial charge in [-0.15, -0.1) is 6.42 Å². The lowest BCUT2D eigenvalue weighted by molar-refractivity contribution is -0.116. The molecule has 0 heterocycles. The van der Waals surface area contributed by atoms with E-state index in [1.807, 2.05) is 0 Å². The molecule has 0 aromatic heterocycles. The first kappa shape index (κ1) is 37.8. The molecule has 0 aliphatic heterocycles. The minimum atomic E-state index is -2.14. The van der Waals surface area contributed by atoms with Crippen molar-refractivity contribution in [2.24, 2.45) is 17.8 Å². The molecule has 5 atom stereocenters. The third-order valence-electron chi connectivity index (χ3n) is 9.81. The molecule has 4 nitrogen and oxygen atoms in total. The van der Waals surface area contributed by atoms with Crippen LogP contribution in [0, 0.1) is 30.1 Å². The van der Waals surface area contributed by atoms with E-state index in [2.05, 4.69) is 128 Å². The van der Waals surface area contributed by atoms with Crippen LogP contribution in [0.1, 0.15) is 89.5 Å². The second-order valence-electron chi connectivity index (χ2n) is 16.3. The van der Waals surface area contributed by atoms with Gasteiger partial charge in [0, 0.05) is 24.9 Å². The number of carbonyl (C=O) groups excluding carboxylic acids is 1. The second-order valence-corrected chi connectivity index (χ2v) is 30.7. The van der Waals surface area contributed by atoms with Crippen LogP contribution < -0.4 is 0 Å². The Labute approximate surface area is 241 Å². The predicted octanol–water partition coefficient (Wildman–Crippen LogP) is 9.29. The van der Waals surface area contributed by atoms with Crippen molar-refractivity contribution in [3.8, 4) is 12.3 Å². The Balaban J connectivity index is 6.57. The van der Waals surface area contributed by atoms with Crippen LogP contribution in [0.15, 0.2) is 0 Å². The third-order valence-corrected chi connectivity index (χ3v) is 23.3. The number of hydrogen-bond donors (Lipinski definition) is 0. The number of terminal acetylenes is 1. The van der Waals surface area contributed by atoms with Crippen LogP contribution in [0.5, 0.6) is 0 Å². The van der Waals surface area contributed by atoms with Gasteiger partial charge in [-0.1, -0.05) is 83.1 Å². The van der Waals surface area contributed by atoms with Crippen LogP contribution >= 0.6 is 0 Å². The molecule has 0 fully saturated rings. The molecule has 0 aromatic rings. The number of ketones is 1. The van der Waals surface area contributed by atoms with Gasteiger partial charge in [0.25, 0.3) is 0 Å². The number of carbonyl (C=O) groups is 1. The van der Waals surface area contributed by atoms with Crippen molar-refractivity contribution in [2.75, 3.05) is 6.61 Å². The standard InChI is InChI=1S/C31H64O4Si3/c1-20-26(32)21-23(2)27(34-37(16,17)30(8,9)10)25(4)28(35-38(18,19)31(11,12)13)24(3)22-33-36(14,15)29(5,6)7/h1,23-25,27-28H,21-22H2,2-19H3/t23-,24-,25+,27-,28-/m0/s1. The van der Waals surface area contributed by atoms with E-state index in [0.717, 1.165) is 0 Å². The maximum absolute atomic E-state index is 12.4. The summed E-state index contributed by atoms with van der Waals surface area (Å²) in [6, 6.07) is 0. The minimum absolute atomic E-state index is 0.0123. The maximum Gasteiger partial charge on any atom is 0.205 e. The molecule has 0 radical (unpaired) electrons. The van der Waals surface area contributed by atoms with Crippen molar-refractivity contribution in [3.05, 3.63) is 0 Å². The molecule has 0 aliphatic carbocycles. The summed E-state index contributed by atoms with van der Waals surface area (Å²) in [5.74, 6) is 2.39. The van der Waals surface area contributed by atoms with Crippen LogP contribution in [-0.4, -0.2) is 49.6 Å². The van der Waals surface area contributed by atoms with E-state index < -0.39 is 25.0 Å². The Morgan fingerprint density at radius 2 is 1.03 bits per heavy atom. The van der Waals surface area contributed by atoms with Gasteiger partial charge in [0.15, 0.2) is 25.0 Å². The Morgan fingerprint density at radius 1 is 0.684 bits per heavy atom. The summed E-state index contributed by atoms with van der Waals surface area (Å²) in [7, 11) is -6.16. The monoisotopic (exact) mass is 584 g/mol. The molecule has 0 unspecified atom stereocenters. The van der Waals surface area contributed by atoms with Gasteiger partial charge in [0.2, 0.25) is 5.78 Å². The van der Waals surface area contributed by atoms with Gasteiger partial charge in [0.05, 0.1) is 12.2 Å². The van der Waals surface area contributed by atoms with Crippen LogP contribution in [0.3, 0.4) is 0 Å². The van der Waals surface area contributed by atoms with Crippen LogP contribution in [0.2, 0.25) is 54.4 Å². The van der Waals surface area contributed by atoms with E-state index >= 15 is 0 Å². The summed E-state index contributed by atoms with van der Waals surface area (Å²) in [6.07, 6.45) is 5.61. The molecule has 0 N–H and O–H groups in total. The number of hydrogen-bond acceptors (Lipinski definition) is 4. The molecule has 0 aliphatic rings. The van der Waals surface area contributed by atoms with Gasteiger partial charge < -0.3 is 13.3 Å². The molecular formula is C31H64O4Si3. The molecule has 0 bridgehead atoms. The topological polar surface area (TPSA) is 44.8 Å². The summed E-state index contributed by atoms with van der Waals surface area (Å²) in [5, 5.41) is 0.270. The predicted molar refractivity (Wildman–Crippen MR) is 173 cm³/mol. The van der Waals surface area contributed by atoms with E-state index in [1.54, 1.807) is 0 Å². The Hall–Kier alpha value is -0.239. The molecule has 38 heavy (non-hydrogen) atoms. The highest BCUT2D eigenvalue weighted by Gasteiger charge is 2.47. The van der Waals surface area contributed by atoms with Crippen molar-refractivity contribution in [2.45, 2.75) is 156 Å². The van der Waals surface area contributed by atoms with Gasteiger partial charge in [-0.3, -0.25) is 4.79 Å². The van der Waals surface area contributed by atoms with E-state index in [1.165, 1.54) is 0 Å². The minimum Gasteiger partial charge on any atom is -0.416 e. The fourth-order valence-electron chi connectivity index (χ4n) is 3.82. The summed E-state index contributed by atoms with van der Waals surface area (Å²) in [5.41, 5.74) is 0. The zero-order valence-corrected chi connectivity index (χ0v) is 31.5. The van der Waals surface area contributed by atoms with Crippen molar-refractivity contribution in [1.82, 2.24) is 0 Å². The quantitative estimate of drug-likeness (QED) is 0.123. The summed E-state index contributed by atoms with van der Waals surface area (Å²) < 4.78 is 21.1. The number of rotatable bonds is 13. The Morgan fingerprint density at radius 3 is 1.34 bits per heavy atom. The molecule has 0 rings (SSSR count). The summed E-state index contributed by atoms with van der Waals surface area (Å²) >= 11 is 0. The number of Topliss-reactive ketones (excluding diaryl/α,β-unsaturated/α-hetero) is 1. The lowest BCUT2D eigenvalue weighted by Crippen LogP contribution is -2.54. The molecular weight excluding hydrogens is 521 g/mol. The first-order chi connectivity index (χ1) is 16.6. The first-order valence-corrected chi connectivity index (χ1v) is 23.3. The van der Waals surface area contributed by atoms with E-state index in [4.69, 9.17) is 19.7 Å². The fourth-order valence-corrected chi connectivity index (χ4v) is 7.90. The highest BCUT2D eigenvalue weighted by molar-refractivity contribution is 6.75. The lowest BCUT2D eigenvalue weighted by Gasteiger charge is -2.48. The van der Waals surface area contributed by atoms with Crippen molar-refractivity contribution >= 4 is 30.7 Å². The third kappa shape index (κ3) is 10.3. The molecule has 0 spiro atoms. The van der Waals surface area contributed by atoms with Crippen molar-refractivity contribution in [1.29, 1.82) is 0 Å². The SMILES string of the molecule is C#CC(=O)C[C@H](C)[C@H](O[Si](C)(C)C(C)(C)C)[C@@H](C)[C@@H](O[Si](C)(C)C(C)(C)C)[C@@H](C)CO[Si](C)(C)C(C)(C)C. The average Bonchev–Trinajstić information content (AvgIpc) is 2.71. The van der Waals surface area contributed by atoms with E-state index in [0.29, 0.717) is 13.0 Å². The Kier molecular flexibility index (Phi) is 13.1. The zero-order chi connectivity index (χ0) is 30.7. The van der Waals surface area contributed by atoms with Gasteiger partial charge in [-0.05, 0) is 66.2 Å². The molecule has 224 valence electrons. The van der Waals surface area contributed by atoms with E-state index in [-0.39, 0.29) is 50.9 Å². The second kappa shape index (κ2) is 13.2.